The number of rotatable bonds is 14. The van der Waals surface area contributed by atoms with Crippen LogP contribution in [0, 0.1) is 0 Å². The van der Waals surface area contributed by atoms with Crippen LogP contribution in [0.3, 0.4) is 0 Å². The Morgan fingerprint density at radius 1 is 0.917 bits per heavy atom. The van der Waals surface area contributed by atoms with Gasteiger partial charge in [-0.15, -0.1) is 0 Å². The van der Waals surface area contributed by atoms with Crippen LogP contribution in [-0.2, 0) is 4.79 Å². The summed E-state index contributed by atoms with van der Waals surface area (Å²) in [6, 6.07) is 0. The second-order valence-electron chi connectivity index (χ2n) is 5.78. The van der Waals surface area contributed by atoms with Crippen LogP contribution in [0.15, 0.2) is 48.6 Å². The minimum absolute atomic E-state index is 0.0778. The van der Waals surface area contributed by atoms with Crippen molar-refractivity contribution in [3.63, 3.8) is 0 Å². The summed E-state index contributed by atoms with van der Waals surface area (Å²) in [7, 11) is 0. The topological polar surface area (TPSA) is 77.8 Å². The zero-order valence-electron chi connectivity index (χ0n) is 14.7. The molecular weight excluding hydrogens is 304 g/mol. The van der Waals surface area contributed by atoms with Gasteiger partial charge in [0.15, 0.2) is 0 Å². The van der Waals surface area contributed by atoms with Crippen LogP contribution in [0.1, 0.15) is 58.3 Å². The summed E-state index contributed by atoms with van der Waals surface area (Å²) < 4.78 is 0. The van der Waals surface area contributed by atoms with Gasteiger partial charge in [0.1, 0.15) is 0 Å². The fraction of sp³-hybridized carbons (Fsp3) is 0.550. The highest BCUT2D eigenvalue weighted by atomic mass is 16.4. The average Bonchev–Trinajstić information content (AvgIpc) is 2.53. The smallest absolute Gasteiger partial charge is 0.303 e. The average molecular weight is 336 g/mol. The van der Waals surface area contributed by atoms with E-state index >= 15 is 0 Å². The molecule has 0 aromatic carbocycles. The van der Waals surface area contributed by atoms with Gasteiger partial charge in [-0.25, -0.2) is 0 Å². The summed E-state index contributed by atoms with van der Waals surface area (Å²) in [6.45, 7) is 2.18. The number of allylic oxidation sites excluding steroid dienone is 5. The molecule has 0 saturated heterocycles. The Bertz CT molecular complexity index is 421. The molecule has 0 saturated carbocycles. The summed E-state index contributed by atoms with van der Waals surface area (Å²) in [5.41, 5.74) is 0. The van der Waals surface area contributed by atoms with Crippen molar-refractivity contribution in [2.75, 3.05) is 0 Å². The van der Waals surface area contributed by atoms with Gasteiger partial charge >= 0.3 is 5.97 Å². The lowest BCUT2D eigenvalue weighted by molar-refractivity contribution is -0.137. The molecule has 2 atom stereocenters. The second kappa shape index (κ2) is 16.2. The van der Waals surface area contributed by atoms with Gasteiger partial charge in [-0.05, 0) is 32.1 Å². The first-order valence-electron chi connectivity index (χ1n) is 8.80. The maximum atomic E-state index is 10.3. The fourth-order valence-electron chi connectivity index (χ4n) is 2.02. The zero-order valence-corrected chi connectivity index (χ0v) is 14.7. The number of carbonyl (C=O) groups is 1. The number of hydrogen-bond donors (Lipinski definition) is 3. The van der Waals surface area contributed by atoms with E-state index in [4.69, 9.17) is 5.11 Å². The van der Waals surface area contributed by atoms with Crippen LogP contribution in [0.2, 0.25) is 0 Å². The van der Waals surface area contributed by atoms with Crippen molar-refractivity contribution in [2.45, 2.75) is 70.5 Å². The van der Waals surface area contributed by atoms with Gasteiger partial charge in [0, 0.05) is 6.42 Å². The number of carboxylic acids is 1. The zero-order chi connectivity index (χ0) is 18.0. The quantitative estimate of drug-likeness (QED) is 0.253. The van der Waals surface area contributed by atoms with Gasteiger partial charge in [0.25, 0.3) is 0 Å². The highest BCUT2D eigenvalue weighted by Crippen LogP contribution is 2.03. The first-order valence-corrected chi connectivity index (χ1v) is 8.80. The van der Waals surface area contributed by atoms with E-state index in [-0.39, 0.29) is 6.42 Å². The third-order valence-corrected chi connectivity index (χ3v) is 3.41. The lowest BCUT2D eigenvalue weighted by atomic mass is 10.1. The molecule has 0 aliphatic heterocycles. The van der Waals surface area contributed by atoms with Crippen molar-refractivity contribution < 1.29 is 20.1 Å². The summed E-state index contributed by atoms with van der Waals surface area (Å²) in [5, 5.41) is 27.9. The minimum Gasteiger partial charge on any atom is -0.481 e. The van der Waals surface area contributed by atoms with Crippen molar-refractivity contribution in [1.82, 2.24) is 0 Å². The van der Waals surface area contributed by atoms with Crippen molar-refractivity contribution in [3.8, 4) is 0 Å². The standard InChI is InChI=1S/C20H32O4/c1-2-3-4-5-6-9-13-18(21)14-10-7-8-11-15-19(22)16-12-17-20(23)24/h6-11,14-15,18-19,21-22H,2-5,12-13,16-17H2,1H3,(H,23,24)/b8-7+,9-6+,14-10+,15-11-/t18-,19-/m1/s1. The van der Waals surface area contributed by atoms with Crippen LogP contribution in [0.25, 0.3) is 0 Å². The number of aliphatic hydroxyl groups excluding tert-OH is 2. The van der Waals surface area contributed by atoms with Gasteiger partial charge in [-0.3, -0.25) is 4.79 Å². The highest BCUT2D eigenvalue weighted by Gasteiger charge is 2.01. The molecule has 0 heterocycles. The van der Waals surface area contributed by atoms with E-state index in [1.165, 1.54) is 19.3 Å². The van der Waals surface area contributed by atoms with Gasteiger partial charge in [-0.2, -0.15) is 0 Å². The third-order valence-electron chi connectivity index (χ3n) is 3.41. The molecule has 0 fully saturated rings. The van der Waals surface area contributed by atoms with Crippen molar-refractivity contribution >= 4 is 5.97 Å². The molecule has 0 bridgehead atoms. The number of aliphatic carboxylic acids is 1. The van der Waals surface area contributed by atoms with E-state index in [1.807, 2.05) is 6.08 Å². The van der Waals surface area contributed by atoms with Gasteiger partial charge in [0.05, 0.1) is 12.2 Å². The molecular formula is C20H32O4. The third kappa shape index (κ3) is 16.7. The van der Waals surface area contributed by atoms with Crippen LogP contribution in [0.4, 0.5) is 0 Å². The summed E-state index contributed by atoms with van der Waals surface area (Å²) in [6.07, 6.45) is 19.8. The monoisotopic (exact) mass is 336 g/mol. The summed E-state index contributed by atoms with van der Waals surface area (Å²) in [4.78, 5) is 10.3. The Morgan fingerprint density at radius 3 is 2.21 bits per heavy atom. The molecule has 0 aromatic heterocycles. The van der Waals surface area contributed by atoms with E-state index in [0.717, 1.165) is 6.42 Å². The predicted molar refractivity (Wildman–Crippen MR) is 98.8 cm³/mol. The summed E-state index contributed by atoms with van der Waals surface area (Å²) in [5.74, 6) is -0.842. The molecule has 0 unspecified atom stereocenters. The molecule has 4 nitrogen and oxygen atoms in total. The molecule has 0 spiro atoms. The summed E-state index contributed by atoms with van der Waals surface area (Å²) >= 11 is 0. The molecule has 0 amide bonds. The van der Waals surface area contributed by atoms with Crippen LogP contribution in [-0.4, -0.2) is 33.5 Å². The number of hydrogen-bond acceptors (Lipinski definition) is 3. The molecule has 24 heavy (non-hydrogen) atoms. The maximum absolute atomic E-state index is 10.3. The van der Waals surface area contributed by atoms with E-state index in [9.17, 15) is 15.0 Å². The van der Waals surface area contributed by atoms with Crippen LogP contribution in [0.5, 0.6) is 0 Å². The molecule has 136 valence electrons. The lowest BCUT2D eigenvalue weighted by Crippen LogP contribution is -2.03. The SMILES string of the molecule is CCCCC/C=C/C[C@@H](O)/C=C/C=C/C=C\[C@@H](O)CCCC(=O)O. The Balaban J connectivity index is 3.81. The number of carboxylic acid groups (broad SMARTS) is 1. The first-order chi connectivity index (χ1) is 11.6. The van der Waals surface area contributed by atoms with Gasteiger partial charge < -0.3 is 15.3 Å². The largest absolute Gasteiger partial charge is 0.481 e. The van der Waals surface area contributed by atoms with Crippen LogP contribution < -0.4 is 0 Å². The van der Waals surface area contributed by atoms with Crippen molar-refractivity contribution in [3.05, 3.63) is 48.6 Å². The Morgan fingerprint density at radius 2 is 1.58 bits per heavy atom. The van der Waals surface area contributed by atoms with E-state index < -0.39 is 18.2 Å². The van der Waals surface area contributed by atoms with Gasteiger partial charge in [-0.1, -0.05) is 68.4 Å². The predicted octanol–water partition coefficient (Wildman–Crippen LogP) is 4.16. The lowest BCUT2D eigenvalue weighted by Gasteiger charge is -2.02. The molecule has 0 aromatic rings. The molecule has 0 radical (unpaired) electrons. The second-order valence-corrected chi connectivity index (χ2v) is 5.78. The normalized spacial score (nSPS) is 15.1. The van der Waals surface area contributed by atoms with Gasteiger partial charge in [0.2, 0.25) is 0 Å². The maximum Gasteiger partial charge on any atom is 0.303 e. The molecule has 0 aliphatic carbocycles. The van der Waals surface area contributed by atoms with E-state index in [0.29, 0.717) is 19.3 Å². The van der Waals surface area contributed by atoms with Crippen molar-refractivity contribution in [2.24, 2.45) is 0 Å². The number of aliphatic hydroxyl groups is 2. The number of unbranched alkanes of at least 4 members (excludes halogenated alkanes) is 3. The Labute approximate surface area is 145 Å². The fourth-order valence-corrected chi connectivity index (χ4v) is 2.02. The van der Waals surface area contributed by atoms with Crippen molar-refractivity contribution in [1.29, 1.82) is 0 Å². The molecule has 0 rings (SSSR count). The molecule has 4 heteroatoms. The Kier molecular flexibility index (Phi) is 15.1. The van der Waals surface area contributed by atoms with E-state index in [2.05, 4.69) is 13.0 Å². The Hall–Kier alpha value is -1.65. The van der Waals surface area contributed by atoms with Crippen LogP contribution >= 0.6 is 0 Å². The highest BCUT2D eigenvalue weighted by molar-refractivity contribution is 5.66. The molecule has 3 N–H and O–H groups in total. The minimum atomic E-state index is -0.842. The first kappa shape index (κ1) is 22.4. The van der Waals surface area contributed by atoms with E-state index in [1.54, 1.807) is 36.5 Å². The molecule has 0 aliphatic rings.